The SMILES string of the molecule is COc1nc2cc([N+](=O)[O-])cc(CNC(C)CP(=O)(O)O)c2nc1OC. The third-order valence-corrected chi connectivity index (χ3v) is 4.55. The Morgan fingerprint density at radius 3 is 2.42 bits per heavy atom. The molecular weight excluding hydrogens is 367 g/mol. The second-order valence-corrected chi connectivity index (χ2v) is 7.30. The molecule has 1 aromatic carbocycles. The molecule has 2 rings (SSSR count). The van der Waals surface area contributed by atoms with E-state index >= 15 is 0 Å². The standard InChI is InChI=1S/C14H19N4O7P/c1-8(7-26(21,22)23)15-6-9-4-10(18(19)20)5-11-12(9)17-14(25-3)13(16-11)24-2/h4-5,8,15H,6-7H2,1-3H3,(H2,21,22,23). The number of nitro groups is 1. The van der Waals surface area contributed by atoms with Crippen LogP contribution < -0.4 is 14.8 Å². The van der Waals surface area contributed by atoms with Gasteiger partial charge in [-0.2, -0.15) is 0 Å². The number of hydrogen-bond acceptors (Lipinski definition) is 8. The molecule has 26 heavy (non-hydrogen) atoms. The van der Waals surface area contributed by atoms with Gasteiger partial charge in [-0.05, 0) is 6.92 Å². The molecule has 142 valence electrons. The predicted octanol–water partition coefficient (Wildman–Crippen LogP) is 1.21. The zero-order chi connectivity index (χ0) is 19.5. The highest BCUT2D eigenvalue weighted by Crippen LogP contribution is 2.35. The van der Waals surface area contributed by atoms with Gasteiger partial charge in [0.05, 0.1) is 30.8 Å². The molecule has 0 amide bonds. The summed E-state index contributed by atoms with van der Waals surface area (Å²) in [7, 11) is -1.41. The van der Waals surface area contributed by atoms with Crippen molar-refractivity contribution in [3.63, 3.8) is 0 Å². The minimum Gasteiger partial charge on any atom is -0.477 e. The van der Waals surface area contributed by atoms with Crippen LogP contribution in [0.15, 0.2) is 12.1 Å². The number of nitrogens with zero attached hydrogens (tertiary/aromatic N) is 3. The van der Waals surface area contributed by atoms with E-state index in [1.54, 1.807) is 6.92 Å². The number of fused-ring (bicyclic) bond motifs is 1. The normalized spacial score (nSPS) is 12.8. The van der Waals surface area contributed by atoms with Crippen LogP contribution in [0.4, 0.5) is 5.69 Å². The molecule has 1 unspecified atom stereocenters. The minimum atomic E-state index is -4.18. The van der Waals surface area contributed by atoms with Crippen molar-refractivity contribution in [2.45, 2.75) is 19.5 Å². The van der Waals surface area contributed by atoms with Crippen LogP contribution in [-0.4, -0.2) is 51.1 Å². The molecule has 2 aromatic rings. The van der Waals surface area contributed by atoms with Gasteiger partial charge in [-0.15, -0.1) is 0 Å². The van der Waals surface area contributed by atoms with Gasteiger partial charge in [0.1, 0.15) is 5.52 Å². The van der Waals surface area contributed by atoms with Crippen LogP contribution >= 0.6 is 7.60 Å². The summed E-state index contributed by atoms with van der Waals surface area (Å²) in [5, 5.41) is 14.1. The van der Waals surface area contributed by atoms with Crippen molar-refractivity contribution in [3.8, 4) is 11.8 Å². The van der Waals surface area contributed by atoms with Crippen molar-refractivity contribution >= 4 is 24.3 Å². The minimum absolute atomic E-state index is 0.0919. The average Bonchev–Trinajstić information content (AvgIpc) is 2.56. The molecule has 0 aliphatic heterocycles. The summed E-state index contributed by atoms with van der Waals surface area (Å²) in [4.78, 5) is 37.2. The molecular formula is C14H19N4O7P. The number of hydrogen-bond donors (Lipinski definition) is 3. The van der Waals surface area contributed by atoms with Crippen molar-refractivity contribution in [2.24, 2.45) is 0 Å². The van der Waals surface area contributed by atoms with E-state index in [1.165, 1.54) is 26.4 Å². The number of aromatic nitrogens is 2. The fraction of sp³-hybridized carbons (Fsp3) is 0.429. The Labute approximate surface area is 148 Å². The molecule has 12 heteroatoms. The molecule has 0 fully saturated rings. The van der Waals surface area contributed by atoms with Crippen LogP contribution in [0.5, 0.6) is 11.8 Å². The first-order valence-electron chi connectivity index (χ1n) is 7.49. The summed E-state index contributed by atoms with van der Waals surface area (Å²) in [5.74, 6) is 0.215. The van der Waals surface area contributed by atoms with E-state index in [4.69, 9.17) is 19.3 Å². The summed E-state index contributed by atoms with van der Waals surface area (Å²) in [6.07, 6.45) is -0.358. The number of methoxy groups -OCH3 is 2. The quantitative estimate of drug-likeness (QED) is 0.342. The maximum atomic E-state index is 11.2. The largest absolute Gasteiger partial charge is 0.477 e. The first-order valence-corrected chi connectivity index (χ1v) is 9.29. The maximum absolute atomic E-state index is 11.2. The third kappa shape index (κ3) is 4.85. The molecule has 0 aliphatic carbocycles. The average molecular weight is 386 g/mol. The lowest BCUT2D eigenvalue weighted by Crippen LogP contribution is -2.29. The maximum Gasteiger partial charge on any atom is 0.327 e. The molecule has 1 heterocycles. The van der Waals surface area contributed by atoms with E-state index in [9.17, 15) is 14.7 Å². The highest BCUT2D eigenvalue weighted by Gasteiger charge is 2.20. The van der Waals surface area contributed by atoms with Gasteiger partial charge < -0.3 is 24.6 Å². The van der Waals surface area contributed by atoms with Crippen LogP contribution in [0.2, 0.25) is 0 Å². The third-order valence-electron chi connectivity index (χ3n) is 3.52. The van der Waals surface area contributed by atoms with Crippen molar-refractivity contribution < 1.29 is 28.7 Å². The molecule has 0 spiro atoms. The highest BCUT2D eigenvalue weighted by molar-refractivity contribution is 7.51. The number of nitro benzene ring substituents is 1. The van der Waals surface area contributed by atoms with Crippen LogP contribution in [-0.2, 0) is 11.1 Å². The van der Waals surface area contributed by atoms with E-state index < -0.39 is 18.6 Å². The molecule has 0 bridgehead atoms. The van der Waals surface area contributed by atoms with Crippen LogP contribution in [0, 0.1) is 10.1 Å². The molecule has 11 nitrogen and oxygen atoms in total. The fourth-order valence-corrected chi connectivity index (χ4v) is 3.24. The van der Waals surface area contributed by atoms with E-state index in [-0.39, 0.29) is 35.7 Å². The topological polar surface area (TPSA) is 157 Å². The van der Waals surface area contributed by atoms with Crippen molar-refractivity contribution in [3.05, 3.63) is 27.8 Å². The summed E-state index contributed by atoms with van der Waals surface area (Å²) in [6.45, 7) is 1.71. The summed E-state index contributed by atoms with van der Waals surface area (Å²) in [6, 6.07) is 2.09. The van der Waals surface area contributed by atoms with Crippen molar-refractivity contribution in [1.29, 1.82) is 0 Å². The second kappa shape index (κ2) is 7.92. The van der Waals surface area contributed by atoms with Crippen LogP contribution in [0.3, 0.4) is 0 Å². The number of non-ortho nitro benzene ring substituents is 1. The first-order chi connectivity index (χ1) is 12.1. The van der Waals surface area contributed by atoms with E-state index in [2.05, 4.69) is 15.3 Å². The Balaban J connectivity index is 2.45. The number of rotatable bonds is 8. The monoisotopic (exact) mass is 386 g/mol. The predicted molar refractivity (Wildman–Crippen MR) is 92.5 cm³/mol. The smallest absolute Gasteiger partial charge is 0.327 e. The second-order valence-electron chi connectivity index (χ2n) is 5.60. The van der Waals surface area contributed by atoms with E-state index in [0.29, 0.717) is 11.1 Å². The summed E-state index contributed by atoms with van der Waals surface area (Å²) >= 11 is 0. The molecule has 0 radical (unpaired) electrons. The lowest BCUT2D eigenvalue weighted by Gasteiger charge is -2.15. The molecule has 3 N–H and O–H groups in total. The number of ether oxygens (including phenoxy) is 2. The van der Waals surface area contributed by atoms with Gasteiger partial charge in [0.2, 0.25) is 0 Å². The first kappa shape index (κ1) is 20.0. The zero-order valence-corrected chi connectivity index (χ0v) is 15.3. The van der Waals surface area contributed by atoms with Gasteiger partial charge in [-0.1, -0.05) is 0 Å². The molecule has 1 atom stereocenters. The highest BCUT2D eigenvalue weighted by atomic mass is 31.2. The van der Waals surface area contributed by atoms with E-state index in [1.807, 2.05) is 0 Å². The van der Waals surface area contributed by atoms with Crippen molar-refractivity contribution in [1.82, 2.24) is 15.3 Å². The summed E-state index contributed by atoms with van der Waals surface area (Å²) in [5.41, 5.74) is 0.874. The number of benzene rings is 1. The Hall–Kier alpha value is -2.33. The Morgan fingerprint density at radius 2 is 1.88 bits per heavy atom. The Kier molecular flexibility index (Phi) is 6.09. The van der Waals surface area contributed by atoms with Gasteiger partial charge in [0.25, 0.3) is 17.4 Å². The molecule has 1 aromatic heterocycles. The van der Waals surface area contributed by atoms with Gasteiger partial charge in [-0.3, -0.25) is 14.7 Å². The lowest BCUT2D eigenvalue weighted by atomic mass is 10.1. The van der Waals surface area contributed by atoms with Gasteiger partial charge in [0.15, 0.2) is 0 Å². The zero-order valence-electron chi connectivity index (χ0n) is 14.4. The van der Waals surface area contributed by atoms with Gasteiger partial charge in [-0.25, -0.2) is 9.97 Å². The Morgan fingerprint density at radius 1 is 1.27 bits per heavy atom. The van der Waals surface area contributed by atoms with Crippen molar-refractivity contribution in [2.75, 3.05) is 20.4 Å². The van der Waals surface area contributed by atoms with Gasteiger partial charge in [0, 0.05) is 30.3 Å². The van der Waals surface area contributed by atoms with Crippen LogP contribution in [0.25, 0.3) is 11.0 Å². The fourth-order valence-electron chi connectivity index (χ4n) is 2.39. The molecule has 0 saturated carbocycles. The van der Waals surface area contributed by atoms with E-state index in [0.717, 1.165) is 0 Å². The van der Waals surface area contributed by atoms with Gasteiger partial charge >= 0.3 is 7.60 Å². The Bertz CT molecular complexity index is 870. The number of nitrogens with one attached hydrogen (secondary N) is 1. The van der Waals surface area contributed by atoms with Crippen LogP contribution in [0.1, 0.15) is 12.5 Å². The molecule has 0 aliphatic rings. The lowest BCUT2D eigenvalue weighted by molar-refractivity contribution is -0.384. The summed E-state index contributed by atoms with van der Waals surface area (Å²) < 4.78 is 21.3. The molecule has 0 saturated heterocycles.